The number of methoxy groups -OCH3 is 1. The molecule has 1 unspecified atom stereocenters. The normalized spacial score (nSPS) is 11.3. The molecule has 7 heteroatoms. The van der Waals surface area contributed by atoms with Crippen LogP contribution in [0.25, 0.3) is 0 Å². The van der Waals surface area contributed by atoms with E-state index in [0.717, 1.165) is 28.5 Å². The number of hydrogen-bond donors (Lipinski definition) is 2. The lowest BCUT2D eigenvalue weighted by Gasteiger charge is -2.20. The highest BCUT2D eigenvalue weighted by Crippen LogP contribution is 2.23. The number of nitrogens with one attached hydrogen (secondary N) is 2. The number of aromatic nitrogens is 2. The average molecular weight is 418 g/mol. The van der Waals surface area contributed by atoms with Crippen LogP contribution in [-0.4, -0.2) is 35.8 Å². The van der Waals surface area contributed by atoms with Crippen molar-refractivity contribution >= 4 is 6.03 Å². The zero-order valence-corrected chi connectivity index (χ0v) is 17.7. The summed E-state index contributed by atoms with van der Waals surface area (Å²) in [5, 5.41) is 5.93. The number of urea groups is 1. The monoisotopic (exact) mass is 418 g/mol. The second-order valence-corrected chi connectivity index (χ2v) is 6.89. The maximum Gasteiger partial charge on any atom is 0.315 e. The number of ether oxygens (including phenoxy) is 2. The third kappa shape index (κ3) is 6.03. The van der Waals surface area contributed by atoms with Gasteiger partial charge in [-0.2, -0.15) is 0 Å². The van der Waals surface area contributed by atoms with Crippen LogP contribution in [0.1, 0.15) is 23.0 Å². The molecular formula is C24H26N4O3. The number of carbonyl (C=O) groups is 1. The van der Waals surface area contributed by atoms with Crippen molar-refractivity contribution in [2.75, 3.05) is 20.3 Å². The minimum atomic E-state index is -0.390. The van der Waals surface area contributed by atoms with Gasteiger partial charge in [-0.15, -0.1) is 6.42 Å². The summed E-state index contributed by atoms with van der Waals surface area (Å²) < 4.78 is 12.5. The first-order chi connectivity index (χ1) is 15.1. The van der Waals surface area contributed by atoms with E-state index in [1.807, 2.05) is 66.3 Å². The van der Waals surface area contributed by atoms with E-state index in [4.69, 9.17) is 15.9 Å². The van der Waals surface area contributed by atoms with E-state index < -0.39 is 6.04 Å². The third-order valence-electron chi connectivity index (χ3n) is 4.79. The Labute approximate surface area is 182 Å². The Hall–Kier alpha value is -3.92. The third-order valence-corrected chi connectivity index (χ3v) is 4.79. The van der Waals surface area contributed by atoms with Gasteiger partial charge in [0.25, 0.3) is 0 Å². The number of terminal acetylenes is 1. The predicted molar refractivity (Wildman–Crippen MR) is 119 cm³/mol. The van der Waals surface area contributed by atoms with Gasteiger partial charge in [-0.25, -0.2) is 9.78 Å². The van der Waals surface area contributed by atoms with Gasteiger partial charge in [0.15, 0.2) is 0 Å². The molecule has 1 heterocycles. The van der Waals surface area contributed by atoms with Crippen molar-refractivity contribution in [3.05, 3.63) is 77.9 Å². The van der Waals surface area contributed by atoms with E-state index in [1.165, 1.54) is 0 Å². The van der Waals surface area contributed by atoms with Gasteiger partial charge in [0, 0.05) is 26.0 Å². The molecule has 0 radical (unpaired) electrons. The van der Waals surface area contributed by atoms with Crippen molar-refractivity contribution in [1.29, 1.82) is 0 Å². The maximum absolute atomic E-state index is 12.6. The molecular weight excluding hydrogens is 392 g/mol. The highest BCUT2D eigenvalue weighted by molar-refractivity contribution is 5.74. The summed E-state index contributed by atoms with van der Waals surface area (Å²) in [6.07, 6.45) is 9.45. The minimum Gasteiger partial charge on any atom is -0.497 e. The molecule has 0 bridgehead atoms. The van der Waals surface area contributed by atoms with Gasteiger partial charge in [-0.1, -0.05) is 30.2 Å². The number of carbonyl (C=O) groups excluding carboxylic acids is 1. The molecule has 0 aliphatic carbocycles. The van der Waals surface area contributed by atoms with E-state index in [-0.39, 0.29) is 12.6 Å². The zero-order valence-electron chi connectivity index (χ0n) is 17.7. The summed E-state index contributed by atoms with van der Waals surface area (Å²) in [6, 6.07) is 14.6. The highest BCUT2D eigenvalue weighted by Gasteiger charge is 2.20. The van der Waals surface area contributed by atoms with Crippen LogP contribution in [0, 0.1) is 12.3 Å². The van der Waals surface area contributed by atoms with Gasteiger partial charge in [0.1, 0.15) is 30.0 Å². The Bertz CT molecular complexity index is 1020. The molecule has 0 fully saturated rings. The van der Waals surface area contributed by atoms with Crippen LogP contribution in [0.15, 0.2) is 60.9 Å². The van der Waals surface area contributed by atoms with Crippen molar-refractivity contribution in [3.8, 4) is 23.8 Å². The molecule has 3 rings (SSSR count). The van der Waals surface area contributed by atoms with Crippen molar-refractivity contribution in [2.24, 2.45) is 7.05 Å². The highest BCUT2D eigenvalue weighted by atomic mass is 16.5. The summed E-state index contributed by atoms with van der Waals surface area (Å²) in [7, 11) is 3.52. The van der Waals surface area contributed by atoms with Crippen LogP contribution in [0.5, 0.6) is 11.5 Å². The molecule has 0 saturated heterocycles. The van der Waals surface area contributed by atoms with Crippen molar-refractivity contribution < 1.29 is 14.3 Å². The SMILES string of the molecule is C#CCOc1ccc(CCNC(=O)NC(c2ccc(OC)cc2)c2nccn2C)cc1. The lowest BCUT2D eigenvalue weighted by atomic mass is 10.1. The van der Waals surface area contributed by atoms with E-state index in [1.54, 1.807) is 13.3 Å². The second-order valence-electron chi connectivity index (χ2n) is 6.89. The molecule has 0 saturated carbocycles. The molecule has 2 N–H and O–H groups in total. The molecule has 0 aliphatic heterocycles. The molecule has 7 nitrogen and oxygen atoms in total. The first-order valence-electron chi connectivity index (χ1n) is 9.91. The summed E-state index contributed by atoms with van der Waals surface area (Å²) >= 11 is 0. The van der Waals surface area contributed by atoms with Gasteiger partial charge >= 0.3 is 6.03 Å². The molecule has 1 atom stereocenters. The van der Waals surface area contributed by atoms with Crippen LogP contribution in [0.3, 0.4) is 0 Å². The molecule has 0 aliphatic rings. The summed E-state index contributed by atoms with van der Waals surface area (Å²) in [5.41, 5.74) is 2.00. The lowest BCUT2D eigenvalue weighted by molar-refractivity contribution is 0.238. The fraction of sp³-hybridized carbons (Fsp3) is 0.250. The van der Waals surface area contributed by atoms with Gasteiger partial charge in [0.2, 0.25) is 0 Å². The van der Waals surface area contributed by atoms with E-state index in [9.17, 15) is 4.79 Å². The number of amides is 2. The van der Waals surface area contributed by atoms with E-state index in [0.29, 0.717) is 13.0 Å². The van der Waals surface area contributed by atoms with E-state index >= 15 is 0 Å². The number of hydrogen-bond acceptors (Lipinski definition) is 4. The summed E-state index contributed by atoms with van der Waals surface area (Å²) in [4.78, 5) is 17.0. The number of rotatable bonds is 9. The lowest BCUT2D eigenvalue weighted by Crippen LogP contribution is -2.40. The predicted octanol–water partition coefficient (Wildman–Crippen LogP) is 3.07. The fourth-order valence-corrected chi connectivity index (χ4v) is 3.13. The molecule has 2 amide bonds. The van der Waals surface area contributed by atoms with Crippen LogP contribution in [0.4, 0.5) is 4.79 Å². The van der Waals surface area contributed by atoms with Crippen molar-refractivity contribution in [2.45, 2.75) is 12.5 Å². The van der Waals surface area contributed by atoms with Gasteiger partial charge in [-0.05, 0) is 41.8 Å². The van der Waals surface area contributed by atoms with Gasteiger partial charge in [-0.3, -0.25) is 0 Å². The molecule has 1 aromatic heterocycles. The Kier molecular flexibility index (Phi) is 7.55. The Morgan fingerprint density at radius 3 is 2.48 bits per heavy atom. The zero-order chi connectivity index (χ0) is 22.1. The van der Waals surface area contributed by atoms with Gasteiger partial charge < -0.3 is 24.7 Å². The minimum absolute atomic E-state index is 0.242. The van der Waals surface area contributed by atoms with Crippen LogP contribution < -0.4 is 20.1 Å². The molecule has 3 aromatic rings. The number of aryl methyl sites for hydroxylation is 1. The molecule has 2 aromatic carbocycles. The number of nitrogens with zero attached hydrogens (tertiary/aromatic N) is 2. The smallest absolute Gasteiger partial charge is 0.315 e. The molecule has 160 valence electrons. The van der Waals surface area contributed by atoms with Crippen molar-refractivity contribution in [1.82, 2.24) is 20.2 Å². The number of benzene rings is 2. The average Bonchev–Trinajstić information content (AvgIpc) is 3.22. The van der Waals surface area contributed by atoms with E-state index in [2.05, 4.69) is 21.5 Å². The number of imidazole rings is 1. The standard InChI is InChI=1S/C24H26N4O3/c1-4-17-31-21-9-5-18(6-10-21)13-14-26-24(29)27-22(23-25-15-16-28(23)2)19-7-11-20(30-3)12-8-19/h1,5-12,15-16,22H,13-14,17H2,2-3H3,(H2,26,27,29). The van der Waals surface area contributed by atoms with Crippen LogP contribution in [-0.2, 0) is 13.5 Å². The maximum atomic E-state index is 12.6. The fourth-order valence-electron chi connectivity index (χ4n) is 3.13. The molecule has 31 heavy (non-hydrogen) atoms. The van der Waals surface area contributed by atoms with Crippen LogP contribution in [0.2, 0.25) is 0 Å². The first-order valence-corrected chi connectivity index (χ1v) is 9.91. The second kappa shape index (κ2) is 10.7. The topological polar surface area (TPSA) is 77.4 Å². The van der Waals surface area contributed by atoms with Gasteiger partial charge in [0.05, 0.1) is 7.11 Å². The Morgan fingerprint density at radius 1 is 1.16 bits per heavy atom. The van der Waals surface area contributed by atoms with Crippen LogP contribution >= 0.6 is 0 Å². The quantitative estimate of drug-likeness (QED) is 0.524. The summed E-state index contributed by atoms with van der Waals surface area (Å²) in [5.74, 6) is 4.65. The largest absolute Gasteiger partial charge is 0.497 e. The summed E-state index contributed by atoms with van der Waals surface area (Å²) in [6.45, 7) is 0.735. The Morgan fingerprint density at radius 2 is 1.87 bits per heavy atom. The first kappa shape index (κ1) is 21.8. The van der Waals surface area contributed by atoms with Crippen molar-refractivity contribution in [3.63, 3.8) is 0 Å². The Balaban J connectivity index is 1.59. The molecule has 0 spiro atoms.